The highest BCUT2D eigenvalue weighted by Gasteiger charge is 2.44. The van der Waals surface area contributed by atoms with Crippen molar-refractivity contribution in [1.82, 2.24) is 0 Å². The minimum Gasteiger partial charge on any atom is -0.300 e. The van der Waals surface area contributed by atoms with Crippen molar-refractivity contribution in [3.05, 3.63) is 77.4 Å². The Bertz CT molecular complexity index is 1240. The summed E-state index contributed by atoms with van der Waals surface area (Å²) < 4.78 is 27.1. The molecule has 0 saturated heterocycles. The fourth-order valence-corrected chi connectivity index (χ4v) is 5.58. The van der Waals surface area contributed by atoms with Gasteiger partial charge in [0, 0.05) is 41.7 Å². The van der Waals surface area contributed by atoms with Crippen LogP contribution in [0.25, 0.3) is 5.57 Å². The number of rotatable bonds is 11. The van der Waals surface area contributed by atoms with Crippen molar-refractivity contribution in [2.45, 2.75) is 71.6 Å². The minimum absolute atomic E-state index is 0.0557. The zero-order valence-corrected chi connectivity index (χ0v) is 22.4. The van der Waals surface area contributed by atoms with Crippen LogP contribution in [0.4, 0.5) is 8.78 Å². The summed E-state index contributed by atoms with van der Waals surface area (Å²) >= 11 is 0. The first-order chi connectivity index (χ1) is 17.9. The minimum atomic E-state index is -2.97. The third kappa shape index (κ3) is 6.69. The van der Waals surface area contributed by atoms with Gasteiger partial charge in [-0.05, 0) is 62.6 Å². The number of ketones is 3. The van der Waals surface area contributed by atoms with E-state index in [1.54, 1.807) is 19.1 Å². The van der Waals surface area contributed by atoms with Gasteiger partial charge in [0.2, 0.25) is 0 Å². The second-order valence-electron chi connectivity index (χ2n) is 10.8. The van der Waals surface area contributed by atoms with Crippen molar-refractivity contribution < 1.29 is 23.2 Å². The zero-order chi connectivity index (χ0) is 28.1. The molecule has 3 rings (SSSR count). The largest absolute Gasteiger partial charge is 0.300 e. The van der Waals surface area contributed by atoms with Gasteiger partial charge in [0.15, 0.2) is 5.78 Å². The van der Waals surface area contributed by atoms with Gasteiger partial charge in [0.1, 0.15) is 11.6 Å². The lowest BCUT2D eigenvalue weighted by Gasteiger charge is -2.40. The summed E-state index contributed by atoms with van der Waals surface area (Å²) in [7, 11) is 0. The maximum atomic E-state index is 13.9. The van der Waals surface area contributed by atoms with Gasteiger partial charge < -0.3 is 0 Å². The number of benzene rings is 2. The molecule has 2 aromatic carbocycles. The quantitative estimate of drug-likeness (QED) is 0.293. The number of hydrogen-bond donors (Lipinski definition) is 0. The van der Waals surface area contributed by atoms with Crippen molar-refractivity contribution >= 4 is 22.9 Å². The summed E-state index contributed by atoms with van der Waals surface area (Å²) in [5.74, 6) is -3.47. The lowest BCUT2D eigenvalue weighted by Crippen LogP contribution is -2.40. The second kappa shape index (κ2) is 11.9. The predicted octanol–water partition coefficient (Wildman–Crippen LogP) is 7.25. The maximum Gasteiger partial charge on any atom is 0.270 e. The molecule has 38 heavy (non-hydrogen) atoms. The molecule has 2 aromatic rings. The molecular weight excluding hydrogens is 484 g/mol. The third-order valence-electron chi connectivity index (χ3n) is 8.06. The average Bonchev–Trinajstić information content (AvgIpc) is 2.90. The van der Waals surface area contributed by atoms with E-state index in [1.807, 2.05) is 19.1 Å². The monoisotopic (exact) mass is 519 g/mol. The van der Waals surface area contributed by atoms with Gasteiger partial charge in [0.25, 0.3) is 5.92 Å². The SMILES string of the molecule is C=C(C(=O)CCC1(C(=O)C(C)Cc2ccccc2C#N)CCC(C(C)=O)CC1)c1ccc(C(C)(F)F)cc1. The van der Waals surface area contributed by atoms with E-state index in [0.29, 0.717) is 49.7 Å². The lowest BCUT2D eigenvalue weighted by atomic mass is 9.62. The van der Waals surface area contributed by atoms with E-state index in [-0.39, 0.29) is 46.7 Å². The third-order valence-corrected chi connectivity index (χ3v) is 8.06. The number of carbonyl (C=O) groups excluding carboxylic acids is 3. The van der Waals surface area contributed by atoms with Gasteiger partial charge in [-0.3, -0.25) is 14.4 Å². The standard InChI is InChI=1S/C32H35F2NO3/c1-21(19-26-7-5-6-8-27(26)20-35)30(38)32(16-13-25(14-17-32)23(3)36)18-15-29(37)22(2)24-9-11-28(12-10-24)31(4,33)34/h5-12,21,25H,2,13-19H2,1,3-4H3. The molecule has 0 radical (unpaired) electrons. The molecular formula is C32H35F2NO3. The highest BCUT2D eigenvalue weighted by atomic mass is 19.3. The molecule has 0 bridgehead atoms. The van der Waals surface area contributed by atoms with Crippen LogP contribution >= 0.6 is 0 Å². The Morgan fingerprint density at radius 2 is 1.71 bits per heavy atom. The smallest absolute Gasteiger partial charge is 0.270 e. The fourth-order valence-electron chi connectivity index (χ4n) is 5.58. The predicted molar refractivity (Wildman–Crippen MR) is 143 cm³/mol. The van der Waals surface area contributed by atoms with Crippen molar-refractivity contribution in [1.29, 1.82) is 5.26 Å². The van der Waals surface area contributed by atoms with Gasteiger partial charge in [-0.25, -0.2) is 8.78 Å². The number of carbonyl (C=O) groups is 3. The molecule has 0 N–H and O–H groups in total. The molecule has 0 heterocycles. The van der Waals surface area contributed by atoms with Crippen LogP contribution in [-0.4, -0.2) is 17.3 Å². The Balaban J connectivity index is 1.77. The van der Waals surface area contributed by atoms with Crippen LogP contribution in [-0.2, 0) is 26.7 Å². The molecule has 0 amide bonds. The van der Waals surface area contributed by atoms with E-state index in [2.05, 4.69) is 12.6 Å². The summed E-state index contributed by atoms with van der Waals surface area (Å²) in [6, 6.07) is 14.9. The first-order valence-corrected chi connectivity index (χ1v) is 13.1. The van der Waals surface area contributed by atoms with Crippen molar-refractivity contribution in [2.75, 3.05) is 0 Å². The van der Waals surface area contributed by atoms with Gasteiger partial charge >= 0.3 is 0 Å². The van der Waals surface area contributed by atoms with Crippen molar-refractivity contribution in [3.8, 4) is 6.07 Å². The van der Waals surface area contributed by atoms with Crippen LogP contribution in [0, 0.1) is 28.6 Å². The van der Waals surface area contributed by atoms with Gasteiger partial charge in [-0.2, -0.15) is 5.26 Å². The van der Waals surface area contributed by atoms with E-state index in [0.717, 1.165) is 12.5 Å². The summed E-state index contributed by atoms with van der Waals surface area (Å²) in [4.78, 5) is 39.0. The topological polar surface area (TPSA) is 75.0 Å². The highest BCUT2D eigenvalue weighted by Crippen LogP contribution is 2.46. The van der Waals surface area contributed by atoms with E-state index in [1.165, 1.54) is 24.3 Å². The molecule has 200 valence electrons. The molecule has 1 unspecified atom stereocenters. The van der Waals surface area contributed by atoms with Crippen LogP contribution in [0.2, 0.25) is 0 Å². The maximum absolute atomic E-state index is 13.9. The number of halogens is 2. The van der Waals surface area contributed by atoms with Gasteiger partial charge in [-0.15, -0.1) is 0 Å². The van der Waals surface area contributed by atoms with Crippen LogP contribution in [0.3, 0.4) is 0 Å². The van der Waals surface area contributed by atoms with E-state index < -0.39 is 11.3 Å². The summed E-state index contributed by atoms with van der Waals surface area (Å²) in [5.41, 5.74) is 1.18. The van der Waals surface area contributed by atoms with E-state index >= 15 is 0 Å². The van der Waals surface area contributed by atoms with Crippen LogP contribution < -0.4 is 0 Å². The van der Waals surface area contributed by atoms with Crippen molar-refractivity contribution in [3.63, 3.8) is 0 Å². The number of alkyl halides is 2. The van der Waals surface area contributed by atoms with Crippen LogP contribution in [0.5, 0.6) is 0 Å². The Morgan fingerprint density at radius 3 is 2.26 bits per heavy atom. The molecule has 0 aromatic heterocycles. The first-order valence-electron chi connectivity index (χ1n) is 13.1. The zero-order valence-electron chi connectivity index (χ0n) is 22.4. The average molecular weight is 520 g/mol. The Hall–Kier alpha value is -3.46. The molecule has 4 nitrogen and oxygen atoms in total. The van der Waals surface area contributed by atoms with Crippen LogP contribution in [0.15, 0.2) is 55.1 Å². The molecule has 0 aliphatic heterocycles. The lowest BCUT2D eigenvalue weighted by molar-refractivity contribution is -0.137. The summed E-state index contributed by atoms with van der Waals surface area (Å²) in [6.45, 7) is 8.15. The van der Waals surface area contributed by atoms with Gasteiger partial charge in [0.05, 0.1) is 11.6 Å². The molecule has 1 aliphatic carbocycles. The number of hydrogen-bond acceptors (Lipinski definition) is 4. The molecule has 1 aliphatic rings. The Kier molecular flexibility index (Phi) is 9.14. The first kappa shape index (κ1) is 29.1. The number of nitriles is 1. The molecule has 1 atom stereocenters. The van der Waals surface area contributed by atoms with E-state index in [4.69, 9.17) is 0 Å². The molecule has 1 fully saturated rings. The second-order valence-corrected chi connectivity index (χ2v) is 10.8. The molecule has 1 saturated carbocycles. The summed E-state index contributed by atoms with van der Waals surface area (Å²) in [5, 5.41) is 9.45. The number of Topliss-reactive ketones (excluding diaryl/α,β-unsaturated/α-hetero) is 3. The molecule has 6 heteroatoms. The van der Waals surface area contributed by atoms with Gasteiger partial charge in [-0.1, -0.05) is 56.0 Å². The van der Waals surface area contributed by atoms with Crippen LogP contribution in [0.1, 0.15) is 81.5 Å². The highest BCUT2D eigenvalue weighted by molar-refractivity contribution is 6.20. The number of nitrogens with zero attached hydrogens (tertiary/aromatic N) is 1. The summed E-state index contributed by atoms with van der Waals surface area (Å²) in [6.07, 6.45) is 3.12. The number of allylic oxidation sites excluding steroid dienone is 1. The van der Waals surface area contributed by atoms with Crippen molar-refractivity contribution in [2.24, 2.45) is 17.3 Å². The Morgan fingerprint density at radius 1 is 1.11 bits per heavy atom. The normalized spacial score (nSPS) is 20.3. The van der Waals surface area contributed by atoms with E-state index in [9.17, 15) is 28.4 Å². The fraction of sp³-hybridized carbons (Fsp3) is 0.438. The Labute approximate surface area is 223 Å². The molecule has 0 spiro atoms.